The Bertz CT molecular complexity index is 678. The molecule has 0 aliphatic carbocycles. The van der Waals surface area contributed by atoms with E-state index in [1.54, 1.807) is 12.5 Å². The van der Waals surface area contributed by atoms with Crippen LogP contribution in [0.1, 0.15) is 38.7 Å². The molecule has 0 aromatic carbocycles. The third kappa shape index (κ3) is 4.81. The molecule has 134 valence electrons. The van der Waals surface area contributed by atoms with Crippen molar-refractivity contribution in [3.63, 3.8) is 0 Å². The number of nitrogens with zero attached hydrogens (tertiary/aromatic N) is 4. The summed E-state index contributed by atoms with van der Waals surface area (Å²) in [5.74, 6) is 3.23. The van der Waals surface area contributed by atoms with Crippen LogP contribution in [0.5, 0.6) is 5.88 Å². The van der Waals surface area contributed by atoms with Crippen molar-refractivity contribution >= 4 is 11.6 Å². The van der Waals surface area contributed by atoms with Gasteiger partial charge in [-0.15, -0.1) is 0 Å². The fraction of sp³-hybridized carbons (Fsp3) is 0.526. The average molecular weight is 341 g/mol. The largest absolute Gasteiger partial charge is 0.477 e. The maximum Gasteiger partial charge on any atom is 0.218 e. The van der Waals surface area contributed by atoms with E-state index in [1.165, 1.54) is 12.8 Å². The zero-order valence-electron chi connectivity index (χ0n) is 15.1. The Kier molecular flexibility index (Phi) is 6.04. The zero-order chi connectivity index (χ0) is 17.5. The number of anilines is 2. The molecular formula is C19H27N5O. The lowest BCUT2D eigenvalue weighted by Crippen LogP contribution is -2.34. The van der Waals surface area contributed by atoms with Gasteiger partial charge in [0.15, 0.2) is 0 Å². The third-order valence-electron chi connectivity index (χ3n) is 4.39. The van der Waals surface area contributed by atoms with E-state index in [4.69, 9.17) is 4.74 Å². The summed E-state index contributed by atoms with van der Waals surface area (Å²) in [6, 6.07) is 5.98. The van der Waals surface area contributed by atoms with E-state index < -0.39 is 0 Å². The summed E-state index contributed by atoms with van der Waals surface area (Å²) < 4.78 is 5.71. The molecule has 1 saturated heterocycles. The van der Waals surface area contributed by atoms with E-state index >= 15 is 0 Å². The first kappa shape index (κ1) is 17.5. The van der Waals surface area contributed by atoms with Gasteiger partial charge >= 0.3 is 0 Å². The maximum absolute atomic E-state index is 5.71. The highest BCUT2D eigenvalue weighted by Gasteiger charge is 2.18. The van der Waals surface area contributed by atoms with Crippen LogP contribution in [0.3, 0.4) is 0 Å². The van der Waals surface area contributed by atoms with Crippen LogP contribution in [-0.4, -0.2) is 34.6 Å². The summed E-state index contributed by atoms with van der Waals surface area (Å²) in [6.45, 7) is 7.82. The van der Waals surface area contributed by atoms with Gasteiger partial charge in [0.25, 0.3) is 0 Å². The highest BCUT2D eigenvalue weighted by atomic mass is 16.5. The number of hydrogen-bond donors (Lipinski definition) is 1. The van der Waals surface area contributed by atoms with Crippen LogP contribution in [0.15, 0.2) is 30.7 Å². The van der Waals surface area contributed by atoms with E-state index in [1.807, 2.05) is 18.2 Å². The second-order valence-corrected chi connectivity index (χ2v) is 6.62. The molecule has 0 saturated carbocycles. The molecule has 6 heteroatoms. The SMILES string of the molecule is CCCOc1ncccc1CNc1cc(N2CCCC(C)C2)ncn1. The van der Waals surface area contributed by atoms with E-state index in [2.05, 4.69) is 39.0 Å². The summed E-state index contributed by atoms with van der Waals surface area (Å²) in [4.78, 5) is 15.5. The fourth-order valence-corrected chi connectivity index (χ4v) is 3.09. The maximum atomic E-state index is 5.71. The quantitative estimate of drug-likeness (QED) is 0.831. The molecule has 1 atom stereocenters. The second kappa shape index (κ2) is 8.65. The number of piperidine rings is 1. The number of rotatable bonds is 7. The standard InChI is InChI=1S/C19H27N5O/c1-3-10-25-19-16(7-4-8-20-19)12-21-17-11-18(23-14-22-17)24-9-5-6-15(2)13-24/h4,7-8,11,14-15H,3,5-6,9-10,12-13H2,1-2H3,(H,21,22,23). The number of pyridine rings is 1. The van der Waals surface area contributed by atoms with Gasteiger partial charge in [-0.05, 0) is 31.2 Å². The van der Waals surface area contributed by atoms with Crippen molar-refractivity contribution in [1.29, 1.82) is 0 Å². The predicted molar refractivity (Wildman–Crippen MR) is 100.0 cm³/mol. The topological polar surface area (TPSA) is 63.2 Å². The minimum absolute atomic E-state index is 0.625. The molecule has 1 fully saturated rings. The number of aromatic nitrogens is 3. The van der Waals surface area contributed by atoms with Crippen molar-refractivity contribution in [2.75, 3.05) is 29.9 Å². The normalized spacial score (nSPS) is 17.4. The molecule has 6 nitrogen and oxygen atoms in total. The molecule has 25 heavy (non-hydrogen) atoms. The smallest absolute Gasteiger partial charge is 0.218 e. The van der Waals surface area contributed by atoms with Crippen LogP contribution in [0.4, 0.5) is 11.6 Å². The van der Waals surface area contributed by atoms with E-state index in [9.17, 15) is 0 Å². The Balaban J connectivity index is 1.65. The highest BCUT2D eigenvalue weighted by molar-refractivity contribution is 5.49. The van der Waals surface area contributed by atoms with E-state index in [-0.39, 0.29) is 0 Å². The van der Waals surface area contributed by atoms with Gasteiger partial charge in [0, 0.05) is 37.5 Å². The van der Waals surface area contributed by atoms with Gasteiger partial charge in [0.05, 0.1) is 6.61 Å². The van der Waals surface area contributed by atoms with Gasteiger partial charge in [-0.25, -0.2) is 15.0 Å². The average Bonchev–Trinajstić information content (AvgIpc) is 2.65. The molecule has 1 aliphatic rings. The number of hydrogen-bond acceptors (Lipinski definition) is 6. The van der Waals surface area contributed by atoms with Crippen LogP contribution in [0, 0.1) is 5.92 Å². The Hall–Kier alpha value is -2.37. The Morgan fingerprint density at radius 2 is 2.24 bits per heavy atom. The Morgan fingerprint density at radius 3 is 3.08 bits per heavy atom. The molecule has 0 radical (unpaired) electrons. The van der Waals surface area contributed by atoms with E-state index in [0.717, 1.165) is 36.7 Å². The molecule has 0 amide bonds. The van der Waals surface area contributed by atoms with Crippen molar-refractivity contribution in [3.8, 4) is 5.88 Å². The van der Waals surface area contributed by atoms with Gasteiger partial charge in [-0.3, -0.25) is 0 Å². The number of ether oxygens (including phenoxy) is 1. The molecular weight excluding hydrogens is 314 g/mol. The molecule has 1 aliphatic heterocycles. The fourth-order valence-electron chi connectivity index (χ4n) is 3.09. The number of nitrogens with one attached hydrogen (secondary N) is 1. The third-order valence-corrected chi connectivity index (χ3v) is 4.39. The van der Waals surface area contributed by atoms with Crippen molar-refractivity contribution in [2.45, 2.75) is 39.7 Å². The lowest BCUT2D eigenvalue weighted by molar-refractivity contribution is 0.302. The van der Waals surface area contributed by atoms with Gasteiger partial charge in [0.2, 0.25) is 5.88 Å². The molecule has 1 unspecified atom stereocenters. The summed E-state index contributed by atoms with van der Waals surface area (Å²) >= 11 is 0. The van der Waals surface area contributed by atoms with Crippen LogP contribution in [-0.2, 0) is 6.54 Å². The molecule has 0 bridgehead atoms. The van der Waals surface area contributed by atoms with Crippen LogP contribution in [0.25, 0.3) is 0 Å². The van der Waals surface area contributed by atoms with Crippen molar-refractivity contribution in [2.24, 2.45) is 5.92 Å². The van der Waals surface area contributed by atoms with Crippen LogP contribution < -0.4 is 15.0 Å². The van der Waals surface area contributed by atoms with Crippen molar-refractivity contribution < 1.29 is 4.74 Å². The summed E-state index contributed by atoms with van der Waals surface area (Å²) in [5.41, 5.74) is 1.03. The predicted octanol–water partition coefficient (Wildman–Crippen LogP) is 3.51. The summed E-state index contributed by atoms with van der Waals surface area (Å²) in [5, 5.41) is 3.37. The first-order chi connectivity index (χ1) is 12.3. The minimum atomic E-state index is 0.625. The zero-order valence-corrected chi connectivity index (χ0v) is 15.1. The monoisotopic (exact) mass is 341 g/mol. The molecule has 0 spiro atoms. The molecule has 2 aromatic rings. The first-order valence-electron chi connectivity index (χ1n) is 9.14. The lowest BCUT2D eigenvalue weighted by Gasteiger charge is -2.31. The second-order valence-electron chi connectivity index (χ2n) is 6.62. The summed E-state index contributed by atoms with van der Waals surface area (Å²) in [6.07, 6.45) is 6.88. The van der Waals surface area contributed by atoms with Crippen LogP contribution in [0.2, 0.25) is 0 Å². The minimum Gasteiger partial charge on any atom is -0.477 e. The van der Waals surface area contributed by atoms with Gasteiger partial charge in [0.1, 0.15) is 18.0 Å². The van der Waals surface area contributed by atoms with Crippen molar-refractivity contribution in [3.05, 3.63) is 36.3 Å². The molecule has 2 aromatic heterocycles. The van der Waals surface area contributed by atoms with Crippen molar-refractivity contribution in [1.82, 2.24) is 15.0 Å². The summed E-state index contributed by atoms with van der Waals surface area (Å²) in [7, 11) is 0. The first-order valence-corrected chi connectivity index (χ1v) is 9.14. The molecule has 1 N–H and O–H groups in total. The highest BCUT2D eigenvalue weighted by Crippen LogP contribution is 2.23. The van der Waals surface area contributed by atoms with Gasteiger partial charge in [-0.1, -0.05) is 19.9 Å². The van der Waals surface area contributed by atoms with Gasteiger partial charge in [-0.2, -0.15) is 0 Å². The molecule has 3 rings (SSSR count). The lowest BCUT2D eigenvalue weighted by atomic mass is 10.0. The van der Waals surface area contributed by atoms with Gasteiger partial charge < -0.3 is 15.0 Å². The molecule has 3 heterocycles. The van der Waals surface area contributed by atoms with Crippen LogP contribution >= 0.6 is 0 Å². The Morgan fingerprint density at radius 1 is 1.32 bits per heavy atom. The van der Waals surface area contributed by atoms with E-state index in [0.29, 0.717) is 24.9 Å². The Labute approximate surface area is 149 Å².